The van der Waals surface area contributed by atoms with Crippen LogP contribution in [-0.4, -0.2) is 21.5 Å². The van der Waals surface area contributed by atoms with Crippen LogP contribution in [0.25, 0.3) is 0 Å². The van der Waals surface area contributed by atoms with Crippen LogP contribution in [0.15, 0.2) is 6.07 Å². The van der Waals surface area contributed by atoms with E-state index in [-0.39, 0.29) is 12.2 Å². The maximum absolute atomic E-state index is 8.94. The zero-order chi connectivity index (χ0) is 9.47. The molecule has 0 aromatic carbocycles. The molecule has 1 aromatic heterocycles. The van der Waals surface area contributed by atoms with Crippen molar-refractivity contribution in [2.75, 3.05) is 6.61 Å². The molecule has 1 aromatic rings. The van der Waals surface area contributed by atoms with E-state index < -0.39 is 0 Å². The highest BCUT2D eigenvalue weighted by molar-refractivity contribution is 5.17. The molecule has 0 aliphatic carbocycles. The molecule has 0 atom stereocenters. The summed E-state index contributed by atoms with van der Waals surface area (Å²) >= 11 is 0. The zero-order valence-electron chi connectivity index (χ0n) is 7.95. The first-order valence-corrected chi connectivity index (χ1v) is 4.45. The fourth-order valence-corrected chi connectivity index (χ4v) is 1.66. The maximum atomic E-state index is 8.94. The van der Waals surface area contributed by atoms with Gasteiger partial charge in [-0.05, 0) is 19.9 Å². The topological polar surface area (TPSA) is 47.3 Å². The molecule has 72 valence electrons. The molecule has 1 aliphatic rings. The van der Waals surface area contributed by atoms with E-state index in [4.69, 9.17) is 9.84 Å². The van der Waals surface area contributed by atoms with Gasteiger partial charge in [0, 0.05) is 0 Å². The SMILES string of the molecule is CC1(C)OCCn2nc(CO)cc21. The Balaban J connectivity index is 2.44. The molecule has 0 unspecified atom stereocenters. The quantitative estimate of drug-likeness (QED) is 0.693. The van der Waals surface area contributed by atoms with Gasteiger partial charge in [0.15, 0.2) is 0 Å². The second kappa shape index (κ2) is 2.82. The molecule has 1 aliphatic heterocycles. The number of nitrogens with zero attached hydrogens (tertiary/aromatic N) is 2. The van der Waals surface area contributed by atoms with Crippen molar-refractivity contribution in [3.8, 4) is 0 Å². The Labute approximate surface area is 77.1 Å². The van der Waals surface area contributed by atoms with Gasteiger partial charge >= 0.3 is 0 Å². The number of aliphatic hydroxyl groups excluding tert-OH is 1. The van der Waals surface area contributed by atoms with Crippen molar-refractivity contribution in [2.24, 2.45) is 0 Å². The molecule has 2 heterocycles. The molecule has 0 radical (unpaired) electrons. The third kappa shape index (κ3) is 1.36. The highest BCUT2D eigenvalue weighted by atomic mass is 16.5. The van der Waals surface area contributed by atoms with E-state index in [1.807, 2.05) is 24.6 Å². The van der Waals surface area contributed by atoms with Gasteiger partial charge in [0.2, 0.25) is 0 Å². The van der Waals surface area contributed by atoms with Crippen LogP contribution in [0.4, 0.5) is 0 Å². The van der Waals surface area contributed by atoms with Crippen molar-refractivity contribution < 1.29 is 9.84 Å². The Morgan fingerprint density at radius 3 is 3.08 bits per heavy atom. The summed E-state index contributed by atoms with van der Waals surface area (Å²) in [6.07, 6.45) is 0. The molecule has 4 heteroatoms. The predicted octanol–water partition coefficient (Wildman–Crippen LogP) is 0.641. The van der Waals surface area contributed by atoms with Crippen LogP contribution in [0.1, 0.15) is 25.2 Å². The van der Waals surface area contributed by atoms with Gasteiger partial charge in [-0.1, -0.05) is 0 Å². The summed E-state index contributed by atoms with van der Waals surface area (Å²) in [4.78, 5) is 0. The fourth-order valence-electron chi connectivity index (χ4n) is 1.66. The minimum absolute atomic E-state index is 0.00389. The number of fused-ring (bicyclic) bond motifs is 1. The van der Waals surface area contributed by atoms with Crippen LogP contribution in [0.5, 0.6) is 0 Å². The van der Waals surface area contributed by atoms with Gasteiger partial charge in [-0.15, -0.1) is 0 Å². The Bertz CT molecular complexity index is 317. The number of ether oxygens (including phenoxy) is 1. The average molecular weight is 182 g/mol. The van der Waals surface area contributed by atoms with Crippen molar-refractivity contribution >= 4 is 0 Å². The zero-order valence-corrected chi connectivity index (χ0v) is 7.95. The summed E-state index contributed by atoms with van der Waals surface area (Å²) in [5, 5.41) is 13.2. The third-order valence-electron chi connectivity index (χ3n) is 2.38. The van der Waals surface area contributed by atoms with Gasteiger partial charge in [0.1, 0.15) is 5.60 Å². The Kier molecular flexibility index (Phi) is 1.89. The van der Waals surface area contributed by atoms with E-state index in [1.54, 1.807) is 0 Å². The first-order valence-electron chi connectivity index (χ1n) is 4.45. The highest BCUT2D eigenvalue weighted by Gasteiger charge is 2.30. The minimum Gasteiger partial charge on any atom is -0.390 e. The van der Waals surface area contributed by atoms with Gasteiger partial charge < -0.3 is 9.84 Å². The van der Waals surface area contributed by atoms with E-state index in [2.05, 4.69) is 5.10 Å². The van der Waals surface area contributed by atoms with Gasteiger partial charge in [0.05, 0.1) is 31.1 Å². The largest absolute Gasteiger partial charge is 0.390 e. The molecule has 1 N–H and O–H groups in total. The summed E-state index contributed by atoms with van der Waals surface area (Å²) in [5.74, 6) is 0. The molecule has 0 amide bonds. The third-order valence-corrected chi connectivity index (χ3v) is 2.38. The first-order chi connectivity index (χ1) is 6.13. The average Bonchev–Trinajstić information content (AvgIpc) is 2.48. The molecule has 0 spiro atoms. The Morgan fingerprint density at radius 2 is 2.46 bits per heavy atom. The lowest BCUT2D eigenvalue weighted by molar-refractivity contribution is -0.0532. The Hall–Kier alpha value is -0.870. The lowest BCUT2D eigenvalue weighted by Crippen LogP contribution is -2.33. The van der Waals surface area contributed by atoms with Crippen LogP contribution < -0.4 is 0 Å². The number of hydrogen-bond acceptors (Lipinski definition) is 3. The van der Waals surface area contributed by atoms with E-state index in [0.717, 1.165) is 12.2 Å². The normalized spacial score (nSPS) is 19.9. The summed E-state index contributed by atoms with van der Waals surface area (Å²) < 4.78 is 7.52. The lowest BCUT2D eigenvalue weighted by Gasteiger charge is -2.30. The molecule has 0 fully saturated rings. The molecule has 13 heavy (non-hydrogen) atoms. The Morgan fingerprint density at radius 1 is 1.69 bits per heavy atom. The van der Waals surface area contributed by atoms with E-state index in [1.165, 1.54) is 0 Å². The van der Waals surface area contributed by atoms with Gasteiger partial charge in [-0.3, -0.25) is 4.68 Å². The monoisotopic (exact) mass is 182 g/mol. The molecule has 0 saturated carbocycles. The van der Waals surface area contributed by atoms with Crippen molar-refractivity contribution in [1.29, 1.82) is 0 Å². The van der Waals surface area contributed by atoms with Crippen molar-refractivity contribution in [1.82, 2.24) is 9.78 Å². The smallest absolute Gasteiger partial charge is 0.104 e. The minimum atomic E-state index is -0.279. The molecular weight excluding hydrogens is 168 g/mol. The maximum Gasteiger partial charge on any atom is 0.104 e. The summed E-state index contributed by atoms with van der Waals surface area (Å²) in [6, 6.07) is 1.90. The van der Waals surface area contributed by atoms with Gasteiger partial charge in [-0.2, -0.15) is 5.10 Å². The summed E-state index contributed by atoms with van der Waals surface area (Å²) in [5.41, 5.74) is 1.48. The van der Waals surface area contributed by atoms with Crippen molar-refractivity contribution in [3.05, 3.63) is 17.5 Å². The molecule has 0 saturated heterocycles. The molecular formula is C9H14N2O2. The van der Waals surface area contributed by atoms with Gasteiger partial charge in [-0.25, -0.2) is 0 Å². The highest BCUT2D eigenvalue weighted by Crippen LogP contribution is 2.28. The van der Waals surface area contributed by atoms with Crippen LogP contribution in [-0.2, 0) is 23.5 Å². The molecule has 2 rings (SSSR count). The molecule has 0 bridgehead atoms. The van der Waals surface area contributed by atoms with E-state index >= 15 is 0 Å². The standard InChI is InChI=1S/C9H14N2O2/c1-9(2)8-5-7(6-12)10-11(8)3-4-13-9/h5,12H,3-4,6H2,1-2H3. The van der Waals surface area contributed by atoms with E-state index in [9.17, 15) is 0 Å². The second-order valence-electron chi connectivity index (χ2n) is 3.76. The summed E-state index contributed by atoms with van der Waals surface area (Å²) in [6.45, 7) is 5.49. The van der Waals surface area contributed by atoms with Crippen LogP contribution in [0.2, 0.25) is 0 Å². The lowest BCUT2D eigenvalue weighted by atomic mass is 10.0. The van der Waals surface area contributed by atoms with Gasteiger partial charge in [0.25, 0.3) is 0 Å². The van der Waals surface area contributed by atoms with Crippen molar-refractivity contribution in [2.45, 2.75) is 32.6 Å². The molecule has 4 nitrogen and oxygen atoms in total. The van der Waals surface area contributed by atoms with Crippen LogP contribution >= 0.6 is 0 Å². The van der Waals surface area contributed by atoms with Crippen LogP contribution in [0.3, 0.4) is 0 Å². The number of aromatic nitrogens is 2. The van der Waals surface area contributed by atoms with E-state index in [0.29, 0.717) is 12.3 Å². The number of aliphatic hydroxyl groups is 1. The number of hydrogen-bond donors (Lipinski definition) is 1. The number of rotatable bonds is 1. The van der Waals surface area contributed by atoms with Crippen molar-refractivity contribution in [3.63, 3.8) is 0 Å². The summed E-state index contributed by atoms with van der Waals surface area (Å²) in [7, 11) is 0. The predicted molar refractivity (Wildman–Crippen MR) is 47.1 cm³/mol. The fraction of sp³-hybridized carbons (Fsp3) is 0.667. The van der Waals surface area contributed by atoms with Crippen LogP contribution in [0, 0.1) is 0 Å². The first kappa shape index (κ1) is 8.72. The second-order valence-corrected chi connectivity index (χ2v) is 3.76.